The van der Waals surface area contributed by atoms with Gasteiger partial charge in [-0.15, -0.1) is 0 Å². The Bertz CT molecular complexity index is 477. The van der Waals surface area contributed by atoms with Crippen LogP contribution in [0, 0.1) is 15.5 Å². The lowest BCUT2D eigenvalue weighted by molar-refractivity contribution is -0.394. The smallest absolute Gasteiger partial charge is 0.390 e. The molecule has 0 unspecified atom stereocenters. The lowest BCUT2D eigenvalue weighted by atomic mass is 9.87. The number of aromatic nitrogens is 3. The molecule has 1 atom stereocenters. The Morgan fingerprint density at radius 1 is 1.58 bits per heavy atom. The topological polar surface area (TPSA) is 94.2 Å². The standard InChI is InChI=1S/C11H19N5O3/c1-8(11(2,3)4)14(5)9(17)6-15-7-12-10(13-15)16(18)19/h7-8H,6H2,1-5H3/t8-/m0/s1. The molecule has 8 nitrogen and oxygen atoms in total. The Morgan fingerprint density at radius 3 is 2.58 bits per heavy atom. The molecule has 0 saturated heterocycles. The number of nitro groups is 1. The normalized spacial score (nSPS) is 13.1. The zero-order chi connectivity index (χ0) is 14.8. The fourth-order valence-electron chi connectivity index (χ4n) is 1.49. The van der Waals surface area contributed by atoms with E-state index in [0.29, 0.717) is 0 Å². The van der Waals surface area contributed by atoms with Crippen LogP contribution < -0.4 is 0 Å². The van der Waals surface area contributed by atoms with Crippen molar-refractivity contribution in [2.75, 3.05) is 7.05 Å². The molecule has 0 radical (unpaired) electrons. The van der Waals surface area contributed by atoms with Gasteiger partial charge in [0.05, 0.1) is 0 Å². The van der Waals surface area contributed by atoms with E-state index in [1.54, 1.807) is 11.9 Å². The highest BCUT2D eigenvalue weighted by Gasteiger charge is 2.27. The SMILES string of the molecule is C[C@H](N(C)C(=O)Cn1cnc([N+](=O)[O-])n1)C(C)(C)C. The van der Waals surface area contributed by atoms with Crippen molar-refractivity contribution in [2.24, 2.45) is 5.41 Å². The molecule has 1 amide bonds. The molecule has 1 aromatic rings. The van der Waals surface area contributed by atoms with E-state index in [4.69, 9.17) is 0 Å². The summed E-state index contributed by atoms with van der Waals surface area (Å²) in [7, 11) is 1.71. The van der Waals surface area contributed by atoms with E-state index in [1.165, 1.54) is 11.0 Å². The summed E-state index contributed by atoms with van der Waals surface area (Å²) in [6.45, 7) is 8.03. The second-order valence-corrected chi connectivity index (χ2v) is 5.55. The van der Waals surface area contributed by atoms with Gasteiger partial charge in [0.1, 0.15) is 6.54 Å². The molecule has 0 saturated carbocycles. The van der Waals surface area contributed by atoms with Gasteiger partial charge in [-0.2, -0.15) is 4.68 Å². The van der Waals surface area contributed by atoms with Gasteiger partial charge in [0.25, 0.3) is 0 Å². The number of carbonyl (C=O) groups excluding carboxylic acids is 1. The van der Waals surface area contributed by atoms with Crippen molar-refractivity contribution in [1.82, 2.24) is 19.7 Å². The van der Waals surface area contributed by atoms with Gasteiger partial charge < -0.3 is 15.0 Å². The largest absolute Gasteiger partial charge is 0.490 e. The Balaban J connectivity index is 2.71. The number of amides is 1. The molecule has 0 bridgehead atoms. The maximum atomic E-state index is 12.0. The van der Waals surface area contributed by atoms with Crippen LogP contribution in [0.3, 0.4) is 0 Å². The van der Waals surface area contributed by atoms with Gasteiger partial charge in [-0.1, -0.05) is 25.8 Å². The Morgan fingerprint density at radius 2 is 2.16 bits per heavy atom. The number of hydrogen-bond acceptors (Lipinski definition) is 5. The van der Waals surface area contributed by atoms with Crippen LogP contribution >= 0.6 is 0 Å². The van der Waals surface area contributed by atoms with Crippen LogP contribution in [-0.4, -0.2) is 43.6 Å². The van der Waals surface area contributed by atoms with Crippen LogP contribution in [0.1, 0.15) is 27.7 Å². The van der Waals surface area contributed by atoms with Crippen molar-refractivity contribution in [3.63, 3.8) is 0 Å². The molecule has 0 aromatic carbocycles. The summed E-state index contributed by atoms with van der Waals surface area (Å²) in [6, 6.07) is 0.0403. The molecule has 1 rings (SSSR count). The molecule has 0 aliphatic rings. The van der Waals surface area contributed by atoms with Gasteiger partial charge in [0.15, 0.2) is 0 Å². The molecule has 0 N–H and O–H groups in total. The molecular formula is C11H19N5O3. The average molecular weight is 269 g/mol. The predicted octanol–water partition coefficient (Wildman–Crippen LogP) is 1.08. The number of carbonyl (C=O) groups is 1. The van der Waals surface area contributed by atoms with Crippen molar-refractivity contribution in [2.45, 2.75) is 40.3 Å². The van der Waals surface area contributed by atoms with Crippen molar-refractivity contribution < 1.29 is 9.72 Å². The number of hydrogen-bond donors (Lipinski definition) is 0. The fourth-order valence-corrected chi connectivity index (χ4v) is 1.49. The summed E-state index contributed by atoms with van der Waals surface area (Å²) in [5.74, 6) is -0.665. The van der Waals surface area contributed by atoms with E-state index < -0.39 is 10.9 Å². The summed E-state index contributed by atoms with van der Waals surface area (Å²) in [5.41, 5.74) is -0.0429. The molecular weight excluding hydrogens is 250 g/mol. The highest BCUT2D eigenvalue weighted by atomic mass is 16.6. The van der Waals surface area contributed by atoms with Crippen LogP contribution in [0.15, 0.2) is 6.33 Å². The molecule has 0 aliphatic carbocycles. The number of nitrogens with zero attached hydrogens (tertiary/aromatic N) is 5. The van der Waals surface area contributed by atoms with Gasteiger partial charge in [-0.25, -0.2) is 0 Å². The molecule has 0 fully saturated rings. The van der Waals surface area contributed by atoms with Crippen molar-refractivity contribution >= 4 is 11.9 Å². The third-order valence-electron chi connectivity index (χ3n) is 3.21. The molecule has 8 heteroatoms. The predicted molar refractivity (Wildman–Crippen MR) is 68.4 cm³/mol. The second kappa shape index (κ2) is 5.33. The zero-order valence-electron chi connectivity index (χ0n) is 11.8. The van der Waals surface area contributed by atoms with Crippen LogP contribution in [0.25, 0.3) is 0 Å². The maximum Gasteiger partial charge on any atom is 0.490 e. The summed E-state index contributed by atoms with van der Waals surface area (Å²) < 4.78 is 1.17. The van der Waals surface area contributed by atoms with Gasteiger partial charge in [0, 0.05) is 18.2 Å². The Labute approximate surface area is 111 Å². The quantitative estimate of drug-likeness (QED) is 0.602. The molecule has 106 valence electrons. The van der Waals surface area contributed by atoms with Crippen LogP contribution in [0.4, 0.5) is 5.95 Å². The minimum absolute atomic E-state index is 0.0403. The van der Waals surface area contributed by atoms with Crippen LogP contribution in [0.2, 0.25) is 0 Å². The monoisotopic (exact) mass is 269 g/mol. The van der Waals surface area contributed by atoms with E-state index in [9.17, 15) is 14.9 Å². The van der Waals surface area contributed by atoms with E-state index in [1.807, 2.05) is 27.7 Å². The molecule has 0 aliphatic heterocycles. The molecule has 1 heterocycles. The Kier molecular flexibility index (Phi) is 4.23. The van der Waals surface area contributed by atoms with Gasteiger partial charge in [-0.3, -0.25) is 4.79 Å². The first-order valence-electron chi connectivity index (χ1n) is 5.92. The van der Waals surface area contributed by atoms with E-state index in [-0.39, 0.29) is 23.9 Å². The third-order valence-corrected chi connectivity index (χ3v) is 3.21. The van der Waals surface area contributed by atoms with E-state index >= 15 is 0 Å². The van der Waals surface area contributed by atoms with Crippen molar-refractivity contribution in [3.8, 4) is 0 Å². The molecule has 19 heavy (non-hydrogen) atoms. The average Bonchev–Trinajstić information content (AvgIpc) is 2.74. The summed E-state index contributed by atoms with van der Waals surface area (Å²) in [6.07, 6.45) is 1.19. The first-order chi connectivity index (χ1) is 8.62. The van der Waals surface area contributed by atoms with Crippen molar-refractivity contribution in [3.05, 3.63) is 16.4 Å². The van der Waals surface area contributed by atoms with Crippen molar-refractivity contribution in [1.29, 1.82) is 0 Å². The van der Waals surface area contributed by atoms with Gasteiger partial charge in [0.2, 0.25) is 12.2 Å². The minimum Gasteiger partial charge on any atom is -0.390 e. The zero-order valence-corrected chi connectivity index (χ0v) is 11.8. The highest BCUT2D eigenvalue weighted by Crippen LogP contribution is 2.23. The van der Waals surface area contributed by atoms with Crippen LogP contribution in [0.5, 0.6) is 0 Å². The highest BCUT2D eigenvalue weighted by molar-refractivity contribution is 5.76. The first kappa shape index (κ1) is 15.1. The third kappa shape index (κ3) is 3.73. The first-order valence-corrected chi connectivity index (χ1v) is 5.92. The fraction of sp³-hybridized carbons (Fsp3) is 0.727. The summed E-state index contributed by atoms with van der Waals surface area (Å²) in [4.78, 5) is 26.9. The number of likely N-dealkylation sites (N-methyl/N-ethyl adjacent to an activating group) is 1. The van der Waals surface area contributed by atoms with E-state index in [0.717, 1.165) is 0 Å². The maximum absolute atomic E-state index is 12.0. The lowest BCUT2D eigenvalue weighted by Crippen LogP contribution is -2.44. The minimum atomic E-state index is -0.692. The van der Waals surface area contributed by atoms with E-state index in [2.05, 4.69) is 10.1 Å². The molecule has 0 spiro atoms. The van der Waals surface area contributed by atoms with Crippen LogP contribution in [-0.2, 0) is 11.3 Å². The Hall–Kier alpha value is -1.99. The van der Waals surface area contributed by atoms with Gasteiger partial charge in [-0.05, 0) is 17.3 Å². The molecule has 1 aromatic heterocycles. The van der Waals surface area contributed by atoms with Gasteiger partial charge >= 0.3 is 5.95 Å². The summed E-state index contributed by atoms with van der Waals surface area (Å²) >= 11 is 0. The summed E-state index contributed by atoms with van der Waals surface area (Å²) in [5, 5.41) is 14.1. The lowest BCUT2D eigenvalue weighted by Gasteiger charge is -2.35. The second-order valence-electron chi connectivity index (χ2n) is 5.55. The number of rotatable bonds is 4.